The van der Waals surface area contributed by atoms with Crippen LogP contribution >= 0.6 is 12.4 Å². The maximum atomic E-state index is 5.94. The number of hydrogen-bond acceptors (Lipinski definition) is 4. The Kier molecular flexibility index (Phi) is 6.50. The lowest BCUT2D eigenvalue weighted by Crippen LogP contribution is -2.49. The van der Waals surface area contributed by atoms with Crippen LogP contribution in [0.25, 0.3) is 0 Å². The van der Waals surface area contributed by atoms with Crippen LogP contribution in [-0.2, 0) is 17.6 Å². The zero-order valence-corrected chi connectivity index (χ0v) is 14.1. The molecule has 0 saturated carbocycles. The highest BCUT2D eigenvalue weighted by molar-refractivity contribution is 5.85. The number of nitrogens with two attached hydrogens (primary N) is 1. The molecule has 0 amide bonds. The van der Waals surface area contributed by atoms with Crippen molar-refractivity contribution in [2.45, 2.75) is 37.8 Å². The zero-order valence-electron chi connectivity index (χ0n) is 13.3. The van der Waals surface area contributed by atoms with Crippen molar-refractivity contribution in [2.24, 2.45) is 5.73 Å². The SMILES string of the molecule is COC1CCN(CCc2ccc3c(c2)CCO3)C(CN)C1.Cl. The molecule has 2 aliphatic heterocycles. The normalized spacial score (nSPS) is 24.5. The first-order valence-corrected chi connectivity index (χ1v) is 8.01. The first-order chi connectivity index (χ1) is 10.3. The average Bonchev–Trinajstić information content (AvgIpc) is 3.00. The van der Waals surface area contributed by atoms with Gasteiger partial charge >= 0.3 is 0 Å². The van der Waals surface area contributed by atoms with Crippen LogP contribution in [-0.4, -0.2) is 50.4 Å². The van der Waals surface area contributed by atoms with E-state index in [1.54, 1.807) is 7.11 Å². The minimum absolute atomic E-state index is 0. The molecule has 4 nitrogen and oxygen atoms in total. The largest absolute Gasteiger partial charge is 0.493 e. The van der Waals surface area contributed by atoms with Crippen LogP contribution in [0.5, 0.6) is 5.75 Å². The highest BCUT2D eigenvalue weighted by Crippen LogP contribution is 2.26. The van der Waals surface area contributed by atoms with Crippen LogP contribution < -0.4 is 10.5 Å². The molecule has 0 aliphatic carbocycles. The van der Waals surface area contributed by atoms with E-state index in [0.717, 1.165) is 57.7 Å². The molecule has 2 unspecified atom stereocenters. The standard InChI is InChI=1S/C17H26N2O2.ClH/c1-20-16-5-8-19(15(11-16)12-18)7-4-13-2-3-17-14(10-13)6-9-21-17;/h2-3,10,15-16H,4-9,11-12,18H2,1H3;1H. The quantitative estimate of drug-likeness (QED) is 0.899. The molecule has 5 heteroatoms. The molecule has 22 heavy (non-hydrogen) atoms. The van der Waals surface area contributed by atoms with Crippen LogP contribution in [0.1, 0.15) is 24.0 Å². The summed E-state index contributed by atoms with van der Waals surface area (Å²) in [6.45, 7) is 3.73. The van der Waals surface area contributed by atoms with E-state index in [0.29, 0.717) is 12.1 Å². The molecule has 2 N–H and O–H groups in total. The van der Waals surface area contributed by atoms with Crippen molar-refractivity contribution in [3.63, 3.8) is 0 Å². The molecule has 1 saturated heterocycles. The van der Waals surface area contributed by atoms with Crippen LogP contribution in [0.15, 0.2) is 18.2 Å². The monoisotopic (exact) mass is 326 g/mol. The number of hydrogen-bond donors (Lipinski definition) is 1. The highest BCUT2D eigenvalue weighted by Gasteiger charge is 2.27. The summed E-state index contributed by atoms with van der Waals surface area (Å²) in [5, 5.41) is 0. The number of fused-ring (bicyclic) bond motifs is 1. The van der Waals surface area contributed by atoms with Crippen LogP contribution in [0.3, 0.4) is 0 Å². The van der Waals surface area contributed by atoms with Crippen molar-refractivity contribution in [2.75, 3.05) is 33.4 Å². The maximum absolute atomic E-state index is 5.94. The molecule has 2 aliphatic rings. The van der Waals surface area contributed by atoms with Crippen molar-refractivity contribution in [3.8, 4) is 5.75 Å². The minimum atomic E-state index is 0. The number of rotatable bonds is 5. The number of methoxy groups -OCH3 is 1. The van der Waals surface area contributed by atoms with Gasteiger partial charge in [-0.15, -0.1) is 12.4 Å². The van der Waals surface area contributed by atoms with E-state index in [1.807, 2.05) is 0 Å². The Morgan fingerprint density at radius 2 is 2.27 bits per heavy atom. The molecular formula is C17H27ClN2O2. The molecule has 0 radical (unpaired) electrons. The van der Waals surface area contributed by atoms with Crippen molar-refractivity contribution in [1.29, 1.82) is 0 Å². The lowest BCUT2D eigenvalue weighted by atomic mass is 9.98. The van der Waals surface area contributed by atoms with Gasteiger partial charge in [-0.05, 0) is 36.5 Å². The summed E-state index contributed by atoms with van der Waals surface area (Å²) < 4.78 is 11.1. The first-order valence-electron chi connectivity index (χ1n) is 8.01. The molecule has 124 valence electrons. The fourth-order valence-corrected chi connectivity index (χ4v) is 3.48. The van der Waals surface area contributed by atoms with Crippen molar-refractivity contribution < 1.29 is 9.47 Å². The first kappa shape index (κ1) is 17.5. The van der Waals surface area contributed by atoms with Gasteiger partial charge in [-0.25, -0.2) is 0 Å². The number of nitrogens with zero attached hydrogens (tertiary/aromatic N) is 1. The maximum Gasteiger partial charge on any atom is 0.122 e. The second kappa shape index (κ2) is 8.16. The minimum Gasteiger partial charge on any atom is -0.493 e. The lowest BCUT2D eigenvalue weighted by Gasteiger charge is -2.38. The summed E-state index contributed by atoms with van der Waals surface area (Å²) in [6.07, 6.45) is 4.69. The smallest absolute Gasteiger partial charge is 0.122 e. The van der Waals surface area contributed by atoms with Gasteiger partial charge < -0.3 is 15.2 Å². The van der Waals surface area contributed by atoms with Gasteiger partial charge in [-0.3, -0.25) is 4.90 Å². The molecule has 2 atom stereocenters. The highest BCUT2D eigenvalue weighted by atomic mass is 35.5. The van der Waals surface area contributed by atoms with Crippen LogP contribution in [0.2, 0.25) is 0 Å². The Morgan fingerprint density at radius 3 is 3.05 bits per heavy atom. The topological polar surface area (TPSA) is 47.7 Å². The Labute approximate surface area is 139 Å². The zero-order chi connectivity index (χ0) is 14.7. The predicted molar refractivity (Wildman–Crippen MR) is 91.0 cm³/mol. The lowest BCUT2D eigenvalue weighted by molar-refractivity contribution is 0.0138. The molecular weight excluding hydrogens is 300 g/mol. The molecule has 1 aromatic carbocycles. The Bertz CT molecular complexity index is 484. The third-order valence-corrected chi connectivity index (χ3v) is 4.84. The summed E-state index contributed by atoms with van der Waals surface area (Å²) in [6, 6.07) is 7.09. The molecule has 0 spiro atoms. The summed E-state index contributed by atoms with van der Waals surface area (Å²) in [7, 11) is 1.81. The van der Waals surface area contributed by atoms with Gasteiger partial charge in [0, 0.05) is 39.2 Å². The van der Waals surface area contributed by atoms with Crippen molar-refractivity contribution in [3.05, 3.63) is 29.3 Å². The predicted octanol–water partition coefficient (Wildman–Crippen LogP) is 2.02. The Hall–Kier alpha value is -0.810. The average molecular weight is 327 g/mol. The van der Waals surface area contributed by atoms with Gasteiger partial charge in [0.25, 0.3) is 0 Å². The molecule has 1 fully saturated rings. The van der Waals surface area contributed by atoms with Gasteiger partial charge in [0.05, 0.1) is 12.7 Å². The fraction of sp³-hybridized carbons (Fsp3) is 0.647. The van der Waals surface area contributed by atoms with Gasteiger partial charge in [-0.2, -0.15) is 0 Å². The van der Waals surface area contributed by atoms with E-state index >= 15 is 0 Å². The number of benzene rings is 1. The van der Waals surface area contributed by atoms with Gasteiger partial charge in [0.15, 0.2) is 0 Å². The van der Waals surface area contributed by atoms with Crippen molar-refractivity contribution >= 4 is 12.4 Å². The number of halogens is 1. The van der Waals surface area contributed by atoms with E-state index in [-0.39, 0.29) is 12.4 Å². The van der Waals surface area contributed by atoms with Gasteiger partial charge in [-0.1, -0.05) is 12.1 Å². The molecule has 0 aromatic heterocycles. The van der Waals surface area contributed by atoms with E-state index in [4.69, 9.17) is 15.2 Å². The summed E-state index contributed by atoms with van der Waals surface area (Å²) in [5.41, 5.74) is 8.71. The fourth-order valence-electron chi connectivity index (χ4n) is 3.48. The molecule has 1 aromatic rings. The molecule has 2 heterocycles. The second-order valence-corrected chi connectivity index (χ2v) is 6.10. The number of piperidine rings is 1. The second-order valence-electron chi connectivity index (χ2n) is 6.10. The molecule has 3 rings (SSSR count). The summed E-state index contributed by atoms with van der Waals surface area (Å²) >= 11 is 0. The van der Waals surface area contributed by atoms with E-state index in [9.17, 15) is 0 Å². The Balaban J connectivity index is 0.00000176. The third-order valence-electron chi connectivity index (χ3n) is 4.84. The Morgan fingerprint density at radius 1 is 1.41 bits per heavy atom. The van der Waals surface area contributed by atoms with Crippen molar-refractivity contribution in [1.82, 2.24) is 4.90 Å². The van der Waals surface area contributed by atoms with E-state index in [1.165, 1.54) is 11.1 Å². The van der Waals surface area contributed by atoms with Gasteiger partial charge in [0.2, 0.25) is 0 Å². The van der Waals surface area contributed by atoms with E-state index in [2.05, 4.69) is 23.1 Å². The van der Waals surface area contributed by atoms with Crippen LogP contribution in [0, 0.1) is 0 Å². The van der Waals surface area contributed by atoms with Crippen LogP contribution in [0.4, 0.5) is 0 Å². The number of ether oxygens (including phenoxy) is 2. The molecule has 0 bridgehead atoms. The summed E-state index contributed by atoms with van der Waals surface area (Å²) in [5.74, 6) is 1.07. The van der Waals surface area contributed by atoms with Gasteiger partial charge in [0.1, 0.15) is 5.75 Å². The third kappa shape index (κ3) is 3.93. The van der Waals surface area contributed by atoms with E-state index < -0.39 is 0 Å². The summed E-state index contributed by atoms with van der Waals surface area (Å²) in [4.78, 5) is 2.53. The number of likely N-dealkylation sites (tertiary alicyclic amines) is 1.